The molecule has 4 heterocycles. The first-order valence-corrected chi connectivity index (χ1v) is 13.1. The number of thiophene rings is 1. The fourth-order valence-corrected chi connectivity index (χ4v) is 5.71. The maximum atomic E-state index is 13.3. The van der Waals surface area contributed by atoms with Gasteiger partial charge in [0.05, 0.1) is 23.2 Å². The molecule has 1 aliphatic heterocycles. The number of carbonyl (C=O) groups excluding carboxylic acids is 1. The van der Waals surface area contributed by atoms with Gasteiger partial charge in [0.25, 0.3) is 5.56 Å². The number of hydrogen-bond acceptors (Lipinski definition) is 7. The van der Waals surface area contributed by atoms with Gasteiger partial charge in [-0.25, -0.2) is 4.98 Å². The van der Waals surface area contributed by atoms with E-state index in [1.807, 2.05) is 35.2 Å². The van der Waals surface area contributed by atoms with Crippen LogP contribution in [0, 0.1) is 0 Å². The number of thioether (sulfide) groups is 1. The lowest BCUT2D eigenvalue weighted by molar-refractivity contribution is -0.130. The summed E-state index contributed by atoms with van der Waals surface area (Å²) in [4.78, 5) is 40.8. The Morgan fingerprint density at radius 2 is 1.85 bits per heavy atom. The number of rotatable bonds is 7. The van der Waals surface area contributed by atoms with Crippen molar-refractivity contribution in [3.8, 4) is 0 Å². The van der Waals surface area contributed by atoms with Crippen molar-refractivity contribution >= 4 is 39.9 Å². The van der Waals surface area contributed by atoms with E-state index in [1.54, 1.807) is 34.4 Å². The molecule has 1 saturated heterocycles. The van der Waals surface area contributed by atoms with Gasteiger partial charge in [-0.05, 0) is 35.2 Å². The highest BCUT2D eigenvalue weighted by Crippen LogP contribution is 2.20. The highest BCUT2D eigenvalue weighted by Gasteiger charge is 2.22. The van der Waals surface area contributed by atoms with Crippen molar-refractivity contribution in [2.45, 2.75) is 18.2 Å². The van der Waals surface area contributed by atoms with Gasteiger partial charge in [0, 0.05) is 50.0 Å². The number of amides is 1. The lowest BCUT2D eigenvalue weighted by Crippen LogP contribution is -2.48. The molecule has 5 rings (SSSR count). The Labute approximate surface area is 206 Å². The first kappa shape index (κ1) is 22.8. The van der Waals surface area contributed by atoms with Crippen molar-refractivity contribution in [2.24, 2.45) is 0 Å². The molecule has 1 aromatic carbocycles. The smallest absolute Gasteiger partial charge is 0.262 e. The molecular weight excluding hydrogens is 466 g/mol. The number of benzene rings is 1. The topological polar surface area (TPSA) is 71.3 Å². The van der Waals surface area contributed by atoms with E-state index in [-0.39, 0.29) is 17.2 Å². The Kier molecular flexibility index (Phi) is 7.03. The Balaban J connectivity index is 1.28. The summed E-state index contributed by atoms with van der Waals surface area (Å²) in [6.45, 7) is 4.48. The summed E-state index contributed by atoms with van der Waals surface area (Å²) in [5.41, 5.74) is 1.45. The van der Waals surface area contributed by atoms with Crippen LogP contribution >= 0.6 is 23.1 Å². The maximum absolute atomic E-state index is 13.3. The van der Waals surface area contributed by atoms with Crippen LogP contribution in [-0.2, 0) is 17.9 Å². The molecule has 1 amide bonds. The van der Waals surface area contributed by atoms with Crippen LogP contribution in [0.5, 0.6) is 0 Å². The second-order valence-corrected chi connectivity index (χ2v) is 10.2. The molecular formula is C25H25N5O2S2. The molecule has 1 fully saturated rings. The number of fused-ring (bicyclic) bond motifs is 1. The molecule has 0 radical (unpaired) electrons. The molecule has 0 N–H and O–H groups in total. The van der Waals surface area contributed by atoms with Crippen LogP contribution in [0.1, 0.15) is 10.4 Å². The molecule has 174 valence electrons. The van der Waals surface area contributed by atoms with Crippen molar-refractivity contribution < 1.29 is 4.79 Å². The fraction of sp³-hybridized carbons (Fsp3) is 0.280. The van der Waals surface area contributed by atoms with Gasteiger partial charge in [-0.15, -0.1) is 11.3 Å². The molecule has 0 spiro atoms. The molecule has 3 aromatic heterocycles. The van der Waals surface area contributed by atoms with E-state index >= 15 is 0 Å². The van der Waals surface area contributed by atoms with Crippen LogP contribution < -0.4 is 5.56 Å². The lowest BCUT2D eigenvalue weighted by atomic mass is 10.2. The number of para-hydroxylation sites is 1. The highest BCUT2D eigenvalue weighted by atomic mass is 32.2. The molecule has 1 aliphatic rings. The van der Waals surface area contributed by atoms with Gasteiger partial charge in [-0.3, -0.25) is 24.0 Å². The number of hydrogen-bond donors (Lipinski definition) is 0. The van der Waals surface area contributed by atoms with E-state index in [1.165, 1.54) is 16.6 Å². The minimum atomic E-state index is -0.105. The third kappa shape index (κ3) is 5.22. The molecule has 0 bridgehead atoms. The molecule has 7 nitrogen and oxygen atoms in total. The van der Waals surface area contributed by atoms with E-state index in [0.29, 0.717) is 22.6 Å². The standard InChI is InChI=1S/C25H25N5O2S2/c31-23(29-12-10-28(11-13-29)17-20-6-4-14-33-20)18-34-25-27-22-8-2-1-7-21(22)24(32)30(25)16-19-5-3-9-26-15-19/h1-9,14-15H,10-13,16-18H2. The quantitative estimate of drug-likeness (QED) is 0.292. The summed E-state index contributed by atoms with van der Waals surface area (Å²) in [7, 11) is 0. The average Bonchev–Trinajstić information content (AvgIpc) is 3.39. The normalized spacial score (nSPS) is 14.5. The molecule has 4 aromatic rings. The molecule has 9 heteroatoms. The van der Waals surface area contributed by atoms with Crippen LogP contribution in [0.25, 0.3) is 10.9 Å². The van der Waals surface area contributed by atoms with Crippen molar-refractivity contribution in [1.82, 2.24) is 24.3 Å². The Hall–Kier alpha value is -3.01. The van der Waals surface area contributed by atoms with Gasteiger partial charge >= 0.3 is 0 Å². The zero-order valence-corrected chi connectivity index (χ0v) is 20.3. The number of aromatic nitrogens is 3. The summed E-state index contributed by atoms with van der Waals surface area (Å²) in [6, 6.07) is 15.4. The van der Waals surface area contributed by atoms with Crippen molar-refractivity contribution in [3.05, 3.63) is 87.1 Å². The van der Waals surface area contributed by atoms with Crippen molar-refractivity contribution in [3.63, 3.8) is 0 Å². The zero-order valence-electron chi connectivity index (χ0n) is 18.7. The number of carbonyl (C=O) groups is 1. The summed E-state index contributed by atoms with van der Waals surface area (Å²) in [5.74, 6) is 0.332. The van der Waals surface area contributed by atoms with Gasteiger partial charge in [0.2, 0.25) is 5.91 Å². The monoisotopic (exact) mass is 491 g/mol. The van der Waals surface area contributed by atoms with Gasteiger partial charge in [-0.1, -0.05) is 36.0 Å². The SMILES string of the molecule is O=C(CSc1nc2ccccc2c(=O)n1Cc1cccnc1)N1CCN(Cc2cccs2)CC1. The van der Waals surface area contributed by atoms with Gasteiger partial charge in [0.1, 0.15) is 0 Å². The van der Waals surface area contributed by atoms with E-state index in [2.05, 4.69) is 27.4 Å². The second kappa shape index (κ2) is 10.5. The van der Waals surface area contributed by atoms with Crippen molar-refractivity contribution in [1.29, 1.82) is 0 Å². The maximum Gasteiger partial charge on any atom is 0.262 e. The number of nitrogens with zero attached hydrogens (tertiary/aromatic N) is 5. The van der Waals surface area contributed by atoms with Gasteiger partial charge in [0.15, 0.2) is 5.16 Å². The van der Waals surface area contributed by atoms with Crippen LogP contribution in [0.15, 0.2) is 76.3 Å². The first-order valence-electron chi connectivity index (χ1n) is 11.2. The third-order valence-electron chi connectivity index (χ3n) is 5.90. The predicted molar refractivity (Wildman–Crippen MR) is 136 cm³/mol. The van der Waals surface area contributed by atoms with Crippen LogP contribution in [0.3, 0.4) is 0 Å². The van der Waals surface area contributed by atoms with E-state index < -0.39 is 0 Å². The average molecular weight is 492 g/mol. The van der Waals surface area contributed by atoms with E-state index in [9.17, 15) is 9.59 Å². The Morgan fingerprint density at radius 3 is 2.62 bits per heavy atom. The molecule has 0 unspecified atom stereocenters. The van der Waals surface area contributed by atoms with E-state index in [0.717, 1.165) is 38.3 Å². The second-order valence-electron chi connectivity index (χ2n) is 8.19. The number of piperazine rings is 1. The largest absolute Gasteiger partial charge is 0.339 e. The summed E-state index contributed by atoms with van der Waals surface area (Å²) in [6.07, 6.45) is 3.45. The van der Waals surface area contributed by atoms with Crippen LogP contribution in [-0.4, -0.2) is 62.2 Å². The highest BCUT2D eigenvalue weighted by molar-refractivity contribution is 7.99. The summed E-state index contributed by atoms with van der Waals surface area (Å²) >= 11 is 3.10. The lowest BCUT2D eigenvalue weighted by Gasteiger charge is -2.34. The molecule has 0 saturated carbocycles. The molecule has 34 heavy (non-hydrogen) atoms. The minimum absolute atomic E-state index is 0.0797. The van der Waals surface area contributed by atoms with Crippen LogP contribution in [0.4, 0.5) is 0 Å². The zero-order chi connectivity index (χ0) is 23.3. The third-order valence-corrected chi connectivity index (χ3v) is 7.72. The van der Waals surface area contributed by atoms with Gasteiger partial charge < -0.3 is 4.90 Å². The van der Waals surface area contributed by atoms with Crippen molar-refractivity contribution in [2.75, 3.05) is 31.9 Å². The Morgan fingerprint density at radius 1 is 1.00 bits per heavy atom. The fourth-order valence-electron chi connectivity index (χ4n) is 4.07. The summed E-state index contributed by atoms with van der Waals surface area (Å²) < 4.78 is 1.65. The number of pyridine rings is 1. The van der Waals surface area contributed by atoms with Gasteiger partial charge in [-0.2, -0.15) is 0 Å². The molecule has 0 aliphatic carbocycles. The first-order chi connectivity index (χ1) is 16.7. The van der Waals surface area contributed by atoms with Crippen LogP contribution in [0.2, 0.25) is 0 Å². The Bertz CT molecular complexity index is 1320. The van der Waals surface area contributed by atoms with E-state index in [4.69, 9.17) is 4.98 Å². The summed E-state index contributed by atoms with van der Waals surface area (Å²) in [5, 5.41) is 3.22. The minimum Gasteiger partial charge on any atom is -0.339 e. The predicted octanol–water partition coefficient (Wildman–Crippen LogP) is 3.34. The molecule has 0 atom stereocenters.